The van der Waals surface area contributed by atoms with Crippen LogP contribution in [0.3, 0.4) is 0 Å². The van der Waals surface area contributed by atoms with Gasteiger partial charge >= 0.3 is 6.18 Å². The number of pyridine rings is 1. The first-order chi connectivity index (χ1) is 18.8. The van der Waals surface area contributed by atoms with Gasteiger partial charge in [-0.2, -0.15) is 18.3 Å². The Kier molecular flexibility index (Phi) is 5.86. The quantitative estimate of drug-likeness (QED) is 0.235. The van der Waals surface area contributed by atoms with Crippen LogP contribution in [0.4, 0.5) is 22.0 Å². The maximum atomic E-state index is 14.2. The molecule has 0 aliphatic carbocycles. The molecule has 0 spiro atoms. The fourth-order valence-corrected chi connectivity index (χ4v) is 4.11. The van der Waals surface area contributed by atoms with Gasteiger partial charge in [0.1, 0.15) is 23.6 Å². The van der Waals surface area contributed by atoms with E-state index in [0.29, 0.717) is 22.6 Å². The standard InChI is InChI=1S/C27H15F5N6O/c28-20-5-3-4-18(25(20)29)26-35-23-12-34-38(14-24(23)36-26)13-16-11-22(37-39-16)17-8-7-15(10-19(17)27(30,31)32)21-6-1-2-9-33-21/h1-12,14H,13H2. The van der Waals surface area contributed by atoms with Crippen molar-refractivity contribution in [3.05, 3.63) is 102 Å². The zero-order valence-corrected chi connectivity index (χ0v) is 19.7. The summed E-state index contributed by atoms with van der Waals surface area (Å²) in [6.07, 6.45) is -0.243. The molecule has 2 aromatic heterocycles. The summed E-state index contributed by atoms with van der Waals surface area (Å²) >= 11 is 0. The third-order valence-electron chi connectivity index (χ3n) is 5.95. The Morgan fingerprint density at radius 3 is 2.46 bits per heavy atom. The summed E-state index contributed by atoms with van der Waals surface area (Å²) in [6.45, 7) is 0.0207. The molecule has 6 rings (SSSR count). The van der Waals surface area contributed by atoms with Crippen molar-refractivity contribution in [2.24, 2.45) is 0 Å². The molecular formula is C27H15F5N6O. The average molecular weight is 534 g/mol. The second-order valence-electron chi connectivity index (χ2n) is 8.54. The van der Waals surface area contributed by atoms with E-state index in [-0.39, 0.29) is 35.0 Å². The van der Waals surface area contributed by atoms with Crippen LogP contribution in [0.25, 0.3) is 45.3 Å². The van der Waals surface area contributed by atoms with E-state index in [2.05, 4.69) is 25.2 Å². The van der Waals surface area contributed by atoms with Crippen molar-refractivity contribution in [2.45, 2.75) is 12.7 Å². The van der Waals surface area contributed by atoms with Gasteiger partial charge in [-0.3, -0.25) is 9.67 Å². The normalized spacial score (nSPS) is 11.8. The maximum Gasteiger partial charge on any atom is 0.417 e. The Balaban J connectivity index is 1.29. The molecule has 0 atom stereocenters. The summed E-state index contributed by atoms with van der Waals surface area (Å²) in [7, 11) is 0. The molecule has 0 saturated heterocycles. The zero-order valence-electron chi connectivity index (χ0n) is 19.7. The van der Waals surface area contributed by atoms with Crippen molar-refractivity contribution in [1.29, 1.82) is 0 Å². The number of aromatic nitrogens is 6. The number of halogens is 5. The largest absolute Gasteiger partial charge is 0.417 e. The molecule has 0 N–H and O–H groups in total. The Labute approximate surface area is 216 Å². The minimum absolute atomic E-state index is 0.00247. The number of imidazole rings is 1. The predicted molar refractivity (Wildman–Crippen MR) is 129 cm³/mol. The number of rotatable bonds is 5. The Morgan fingerprint density at radius 1 is 0.821 bits per heavy atom. The van der Waals surface area contributed by atoms with Crippen LogP contribution in [0.2, 0.25) is 0 Å². The molecular weight excluding hydrogens is 519 g/mol. The first kappa shape index (κ1) is 24.3. The molecule has 2 aliphatic rings. The van der Waals surface area contributed by atoms with Crippen LogP contribution in [-0.2, 0) is 12.7 Å². The van der Waals surface area contributed by atoms with Gasteiger partial charge in [-0.15, -0.1) is 0 Å². The van der Waals surface area contributed by atoms with Crippen LogP contribution >= 0.6 is 0 Å². The minimum atomic E-state index is -4.64. The molecule has 2 aliphatic heterocycles. The highest BCUT2D eigenvalue weighted by atomic mass is 19.4. The number of alkyl halides is 3. The summed E-state index contributed by atoms with van der Waals surface area (Å²) in [5.41, 5.74) is 0.328. The minimum Gasteiger partial charge on any atom is -0.359 e. The van der Waals surface area contributed by atoms with Gasteiger partial charge in [-0.25, -0.2) is 18.7 Å². The van der Waals surface area contributed by atoms with Gasteiger partial charge in [0, 0.05) is 23.4 Å². The first-order valence-electron chi connectivity index (χ1n) is 11.5. The summed E-state index contributed by atoms with van der Waals surface area (Å²) in [5.74, 6) is -1.85. The van der Waals surface area contributed by atoms with Gasteiger partial charge in [-0.1, -0.05) is 29.4 Å². The third-order valence-corrected chi connectivity index (χ3v) is 5.95. The van der Waals surface area contributed by atoms with Crippen LogP contribution in [0.15, 0.2) is 83.8 Å². The van der Waals surface area contributed by atoms with Gasteiger partial charge < -0.3 is 4.52 Å². The summed E-state index contributed by atoms with van der Waals surface area (Å²) in [6, 6.07) is 14.0. The van der Waals surface area contributed by atoms with Gasteiger partial charge in [0.25, 0.3) is 0 Å². The summed E-state index contributed by atoms with van der Waals surface area (Å²) in [5, 5.41) is 8.05. The summed E-state index contributed by atoms with van der Waals surface area (Å²) < 4.78 is 76.4. The third kappa shape index (κ3) is 4.72. The second kappa shape index (κ2) is 9.39. The zero-order chi connectivity index (χ0) is 27.1. The van der Waals surface area contributed by atoms with Crippen molar-refractivity contribution in [3.8, 4) is 45.3 Å². The Morgan fingerprint density at radius 2 is 1.67 bits per heavy atom. The molecule has 39 heavy (non-hydrogen) atoms. The van der Waals surface area contributed by atoms with Crippen molar-refractivity contribution in [3.63, 3.8) is 0 Å². The molecule has 0 saturated carbocycles. The lowest BCUT2D eigenvalue weighted by atomic mass is 9.99. The molecule has 4 aromatic rings. The van der Waals surface area contributed by atoms with Gasteiger partial charge in [0.2, 0.25) is 0 Å². The lowest BCUT2D eigenvalue weighted by Gasteiger charge is -2.13. The Hall–Kier alpha value is -5.00. The van der Waals surface area contributed by atoms with E-state index in [1.807, 2.05) is 0 Å². The maximum absolute atomic E-state index is 14.2. The second-order valence-corrected chi connectivity index (χ2v) is 8.54. The molecule has 0 radical (unpaired) electrons. The van der Waals surface area contributed by atoms with E-state index in [9.17, 15) is 22.0 Å². The predicted octanol–water partition coefficient (Wildman–Crippen LogP) is 6.51. The molecule has 194 valence electrons. The highest BCUT2D eigenvalue weighted by Crippen LogP contribution is 2.39. The monoisotopic (exact) mass is 534 g/mol. The lowest BCUT2D eigenvalue weighted by Crippen LogP contribution is -2.08. The number of fused-ring (bicyclic) bond motifs is 1. The molecule has 0 fully saturated rings. The summed E-state index contributed by atoms with van der Waals surface area (Å²) in [4.78, 5) is 12.6. The molecule has 0 unspecified atom stereocenters. The molecule has 12 heteroatoms. The van der Waals surface area contributed by atoms with Crippen molar-refractivity contribution in [2.75, 3.05) is 0 Å². The number of benzene rings is 2. The van der Waals surface area contributed by atoms with Gasteiger partial charge in [0.15, 0.2) is 23.2 Å². The van der Waals surface area contributed by atoms with Crippen molar-refractivity contribution >= 4 is 0 Å². The SMILES string of the molecule is Fc1cccc(-c2nc3cnn(Cc4cc(-c5ccc(-c6ccccn6)cc5C(F)(F)F)no4)cc-3n2)c1F. The Bertz CT molecular complexity index is 1760. The van der Waals surface area contributed by atoms with E-state index in [1.165, 1.54) is 47.5 Å². The number of hydrogen-bond acceptors (Lipinski definition) is 6. The first-order valence-corrected chi connectivity index (χ1v) is 11.5. The average Bonchev–Trinajstić information content (AvgIpc) is 3.57. The lowest BCUT2D eigenvalue weighted by molar-refractivity contribution is -0.137. The van der Waals surface area contributed by atoms with E-state index < -0.39 is 23.4 Å². The van der Waals surface area contributed by atoms with E-state index in [0.717, 1.165) is 12.1 Å². The fourth-order valence-electron chi connectivity index (χ4n) is 4.11. The fraction of sp³-hybridized carbons (Fsp3) is 0.0741. The molecule has 0 amide bonds. The van der Waals surface area contributed by atoms with Crippen molar-refractivity contribution < 1.29 is 26.5 Å². The van der Waals surface area contributed by atoms with Crippen LogP contribution < -0.4 is 0 Å². The highest BCUT2D eigenvalue weighted by molar-refractivity contribution is 5.71. The van der Waals surface area contributed by atoms with Crippen molar-refractivity contribution in [1.82, 2.24) is 29.9 Å². The van der Waals surface area contributed by atoms with Gasteiger partial charge in [-0.05, 0) is 30.3 Å². The van der Waals surface area contributed by atoms with Crippen LogP contribution in [0.1, 0.15) is 11.3 Å². The van der Waals surface area contributed by atoms with E-state index in [1.54, 1.807) is 24.3 Å². The van der Waals surface area contributed by atoms with E-state index >= 15 is 0 Å². The molecule has 2 aromatic carbocycles. The smallest absolute Gasteiger partial charge is 0.359 e. The number of nitrogens with zero attached hydrogens (tertiary/aromatic N) is 6. The number of hydrogen-bond donors (Lipinski definition) is 0. The van der Waals surface area contributed by atoms with Gasteiger partial charge in [0.05, 0.1) is 29.2 Å². The molecule has 7 nitrogen and oxygen atoms in total. The van der Waals surface area contributed by atoms with Crippen LogP contribution in [0.5, 0.6) is 0 Å². The van der Waals surface area contributed by atoms with E-state index in [4.69, 9.17) is 4.52 Å². The van der Waals surface area contributed by atoms with Crippen LogP contribution in [-0.4, -0.2) is 29.9 Å². The van der Waals surface area contributed by atoms with Crippen LogP contribution in [0, 0.1) is 11.6 Å². The topological polar surface area (TPSA) is 82.5 Å². The molecule has 0 bridgehead atoms. The molecule has 4 heterocycles. The highest BCUT2D eigenvalue weighted by Gasteiger charge is 2.35.